The second-order valence-electron chi connectivity index (χ2n) is 7.76. The van der Waals surface area contributed by atoms with Crippen LogP contribution in [0.4, 0.5) is 0 Å². The molecule has 2 heteroatoms. The van der Waals surface area contributed by atoms with Crippen LogP contribution in [0.1, 0.15) is 57.6 Å². The largest absolute Gasteiger partial charge is 0.379 e. The number of rotatable bonds is 2. The van der Waals surface area contributed by atoms with Crippen LogP contribution >= 0.6 is 0 Å². The molecule has 1 N–H and O–H groups in total. The SMILES string of the molecule is CC1(C)Cc2ccccc2C(=CC(=O)[C@H]2CC[C@@H](C)CC2)N1. The zero-order valence-corrected chi connectivity index (χ0v) is 14.0. The first-order valence-electron chi connectivity index (χ1n) is 8.56. The molecule has 0 spiro atoms. The number of hydrogen-bond acceptors (Lipinski definition) is 2. The van der Waals surface area contributed by atoms with Crippen LogP contribution in [0.3, 0.4) is 0 Å². The van der Waals surface area contributed by atoms with Gasteiger partial charge in [-0.25, -0.2) is 0 Å². The van der Waals surface area contributed by atoms with Gasteiger partial charge < -0.3 is 5.32 Å². The van der Waals surface area contributed by atoms with Gasteiger partial charge in [0.05, 0.1) is 0 Å². The summed E-state index contributed by atoms with van der Waals surface area (Å²) in [4.78, 5) is 12.7. The molecule has 1 fully saturated rings. The van der Waals surface area contributed by atoms with Crippen molar-refractivity contribution in [2.45, 2.75) is 58.4 Å². The Kier molecular flexibility index (Phi) is 4.12. The summed E-state index contributed by atoms with van der Waals surface area (Å²) in [5.41, 5.74) is 3.54. The van der Waals surface area contributed by atoms with Gasteiger partial charge >= 0.3 is 0 Å². The quantitative estimate of drug-likeness (QED) is 0.822. The third kappa shape index (κ3) is 3.26. The molecular formula is C20H27NO. The van der Waals surface area contributed by atoms with Gasteiger partial charge in [0.2, 0.25) is 0 Å². The van der Waals surface area contributed by atoms with Gasteiger partial charge in [-0.15, -0.1) is 0 Å². The van der Waals surface area contributed by atoms with E-state index in [0.717, 1.165) is 30.9 Å². The van der Waals surface area contributed by atoms with Gasteiger partial charge in [0.15, 0.2) is 5.78 Å². The maximum Gasteiger partial charge on any atom is 0.160 e. The Bertz CT molecular complexity index is 591. The molecule has 2 aliphatic rings. The molecule has 1 aromatic carbocycles. The molecule has 118 valence electrons. The standard InChI is InChI=1S/C20H27NO/c1-14-8-10-15(11-9-14)19(22)12-18-17-7-5-4-6-16(17)13-20(2,3)21-18/h4-7,12,14-15,21H,8-11,13H2,1-3H3/t14-,15+. The van der Waals surface area contributed by atoms with E-state index in [0.29, 0.717) is 5.78 Å². The summed E-state index contributed by atoms with van der Waals surface area (Å²) in [6.45, 7) is 6.69. The van der Waals surface area contributed by atoms with Gasteiger partial charge in [0, 0.05) is 28.8 Å². The van der Waals surface area contributed by atoms with Crippen LogP contribution in [0.5, 0.6) is 0 Å². The zero-order chi connectivity index (χ0) is 15.7. The Morgan fingerprint density at radius 1 is 1.18 bits per heavy atom. The lowest BCUT2D eigenvalue weighted by molar-refractivity contribution is -0.119. The van der Waals surface area contributed by atoms with Crippen LogP contribution in [-0.2, 0) is 11.2 Å². The summed E-state index contributed by atoms with van der Waals surface area (Å²) in [6, 6.07) is 8.44. The van der Waals surface area contributed by atoms with Crippen LogP contribution in [-0.4, -0.2) is 11.3 Å². The lowest BCUT2D eigenvalue weighted by Gasteiger charge is -2.36. The first kappa shape index (κ1) is 15.3. The zero-order valence-electron chi connectivity index (χ0n) is 14.0. The summed E-state index contributed by atoms with van der Waals surface area (Å²) in [5, 5.41) is 3.57. The summed E-state index contributed by atoms with van der Waals surface area (Å²) >= 11 is 0. The molecule has 22 heavy (non-hydrogen) atoms. The van der Waals surface area contributed by atoms with E-state index in [2.05, 4.69) is 50.4 Å². The van der Waals surface area contributed by atoms with Crippen molar-refractivity contribution in [3.05, 3.63) is 41.5 Å². The van der Waals surface area contributed by atoms with Crippen molar-refractivity contribution in [2.75, 3.05) is 0 Å². The van der Waals surface area contributed by atoms with Crippen LogP contribution in [0.25, 0.3) is 5.70 Å². The van der Waals surface area contributed by atoms with E-state index >= 15 is 0 Å². The van der Waals surface area contributed by atoms with E-state index in [1.165, 1.54) is 24.0 Å². The Hall–Kier alpha value is -1.57. The lowest BCUT2D eigenvalue weighted by atomic mass is 9.80. The molecule has 1 aliphatic carbocycles. The molecule has 0 unspecified atom stereocenters. The predicted octanol–water partition coefficient (Wildman–Crippen LogP) is 4.35. The third-order valence-electron chi connectivity index (χ3n) is 5.12. The second kappa shape index (κ2) is 5.91. The maximum absolute atomic E-state index is 12.7. The number of ketones is 1. The summed E-state index contributed by atoms with van der Waals surface area (Å²) in [5.74, 6) is 1.31. The predicted molar refractivity (Wildman–Crippen MR) is 91.5 cm³/mol. The monoisotopic (exact) mass is 297 g/mol. The van der Waals surface area contributed by atoms with Gasteiger partial charge in [-0.05, 0) is 44.6 Å². The summed E-state index contributed by atoms with van der Waals surface area (Å²) < 4.78 is 0. The number of fused-ring (bicyclic) bond motifs is 1. The van der Waals surface area contributed by atoms with E-state index in [1.54, 1.807) is 0 Å². The highest BCUT2D eigenvalue weighted by Gasteiger charge is 2.29. The van der Waals surface area contributed by atoms with Gasteiger partial charge in [-0.3, -0.25) is 4.79 Å². The van der Waals surface area contributed by atoms with Crippen LogP contribution in [0.2, 0.25) is 0 Å². The van der Waals surface area contributed by atoms with E-state index in [4.69, 9.17) is 0 Å². The van der Waals surface area contributed by atoms with Crippen molar-refractivity contribution >= 4 is 11.5 Å². The molecule has 0 atom stereocenters. The number of carbonyl (C=O) groups is 1. The summed E-state index contributed by atoms with van der Waals surface area (Å²) in [7, 11) is 0. The summed E-state index contributed by atoms with van der Waals surface area (Å²) in [6.07, 6.45) is 7.35. The fourth-order valence-corrected chi connectivity index (χ4v) is 3.81. The van der Waals surface area contributed by atoms with Crippen LogP contribution in [0, 0.1) is 11.8 Å². The van der Waals surface area contributed by atoms with Crippen molar-refractivity contribution < 1.29 is 4.79 Å². The molecule has 1 aliphatic heterocycles. The number of carbonyl (C=O) groups excluding carboxylic acids is 1. The molecule has 1 saturated carbocycles. The number of nitrogens with one attached hydrogen (secondary N) is 1. The van der Waals surface area contributed by atoms with Crippen molar-refractivity contribution in [1.29, 1.82) is 0 Å². The van der Waals surface area contributed by atoms with Gasteiger partial charge in [-0.2, -0.15) is 0 Å². The van der Waals surface area contributed by atoms with Gasteiger partial charge in [0.1, 0.15) is 0 Å². The highest BCUT2D eigenvalue weighted by Crippen LogP contribution is 2.32. The number of benzene rings is 1. The van der Waals surface area contributed by atoms with E-state index < -0.39 is 0 Å². The Morgan fingerprint density at radius 2 is 1.86 bits per heavy atom. The third-order valence-corrected chi connectivity index (χ3v) is 5.12. The van der Waals surface area contributed by atoms with Crippen molar-refractivity contribution in [1.82, 2.24) is 5.32 Å². The topological polar surface area (TPSA) is 29.1 Å². The Balaban J connectivity index is 1.85. The van der Waals surface area contributed by atoms with Crippen LogP contribution < -0.4 is 5.32 Å². The van der Waals surface area contributed by atoms with Crippen LogP contribution in [0.15, 0.2) is 30.3 Å². The molecule has 0 bridgehead atoms. The molecule has 0 radical (unpaired) electrons. The minimum atomic E-state index is 0.00153. The molecule has 2 nitrogen and oxygen atoms in total. The average Bonchev–Trinajstić information content (AvgIpc) is 2.46. The Labute approximate surface area is 134 Å². The highest BCUT2D eigenvalue weighted by atomic mass is 16.1. The Morgan fingerprint density at radius 3 is 2.59 bits per heavy atom. The fourth-order valence-electron chi connectivity index (χ4n) is 3.81. The number of hydrogen-bond donors (Lipinski definition) is 1. The minimum absolute atomic E-state index is 0.00153. The first-order valence-corrected chi connectivity index (χ1v) is 8.56. The molecule has 1 aromatic rings. The van der Waals surface area contributed by atoms with E-state index in [-0.39, 0.29) is 11.5 Å². The average molecular weight is 297 g/mol. The molecular weight excluding hydrogens is 270 g/mol. The molecule has 0 saturated heterocycles. The first-order chi connectivity index (χ1) is 10.4. The van der Waals surface area contributed by atoms with Crippen molar-refractivity contribution in [3.8, 4) is 0 Å². The lowest BCUT2D eigenvalue weighted by Crippen LogP contribution is -2.44. The van der Waals surface area contributed by atoms with Crippen molar-refractivity contribution in [3.63, 3.8) is 0 Å². The minimum Gasteiger partial charge on any atom is -0.379 e. The second-order valence-corrected chi connectivity index (χ2v) is 7.76. The van der Waals surface area contributed by atoms with Gasteiger partial charge in [0.25, 0.3) is 0 Å². The molecule has 0 amide bonds. The number of allylic oxidation sites excluding steroid dienone is 1. The van der Waals surface area contributed by atoms with E-state index in [9.17, 15) is 4.79 Å². The normalized spacial score (nSPS) is 28.8. The molecule has 1 heterocycles. The molecule has 3 rings (SSSR count). The van der Waals surface area contributed by atoms with Gasteiger partial charge in [-0.1, -0.05) is 44.0 Å². The highest BCUT2D eigenvalue weighted by molar-refractivity contribution is 5.98. The smallest absolute Gasteiger partial charge is 0.160 e. The fraction of sp³-hybridized carbons (Fsp3) is 0.550. The van der Waals surface area contributed by atoms with Crippen molar-refractivity contribution in [2.24, 2.45) is 11.8 Å². The van der Waals surface area contributed by atoms with E-state index in [1.807, 2.05) is 6.08 Å². The maximum atomic E-state index is 12.7. The molecule has 0 aromatic heterocycles.